The number of benzene rings is 1. The number of nitriles is 1. The third-order valence-electron chi connectivity index (χ3n) is 3.87. The van der Waals surface area contributed by atoms with Crippen molar-refractivity contribution in [3.63, 3.8) is 0 Å². The Kier molecular flexibility index (Phi) is 4.59. The van der Waals surface area contributed by atoms with Crippen molar-refractivity contribution in [2.75, 3.05) is 20.2 Å². The Hall–Kier alpha value is -2.35. The number of aliphatic imine (C=N–C) groups is 1. The summed E-state index contributed by atoms with van der Waals surface area (Å²) >= 11 is 0. The summed E-state index contributed by atoms with van der Waals surface area (Å²) in [5.41, 5.74) is 0.556. The van der Waals surface area contributed by atoms with E-state index in [2.05, 4.69) is 11.1 Å². The molecule has 0 aromatic heterocycles. The van der Waals surface area contributed by atoms with Gasteiger partial charge in [-0.1, -0.05) is 6.07 Å². The van der Waals surface area contributed by atoms with Crippen molar-refractivity contribution in [2.45, 2.75) is 25.3 Å². The van der Waals surface area contributed by atoms with Crippen LogP contribution in [0.25, 0.3) is 0 Å². The third kappa shape index (κ3) is 2.62. The Morgan fingerprint density at radius 3 is 3.00 bits per heavy atom. The second-order valence-electron chi connectivity index (χ2n) is 4.98. The van der Waals surface area contributed by atoms with E-state index in [1.807, 2.05) is 17.9 Å². The molecule has 1 aliphatic heterocycles. The van der Waals surface area contributed by atoms with Gasteiger partial charge in [-0.2, -0.15) is 5.26 Å². The summed E-state index contributed by atoms with van der Waals surface area (Å²) in [6.07, 6.45) is 4.34. The fraction of sp³-hybridized carbons (Fsp3) is 0.438. The first-order chi connectivity index (χ1) is 10.2. The number of ether oxygens (including phenoxy) is 1. The lowest BCUT2D eigenvalue weighted by molar-refractivity contribution is -0.115. The summed E-state index contributed by atoms with van der Waals surface area (Å²) in [6.45, 7) is 3.42. The van der Waals surface area contributed by atoms with Crippen LogP contribution in [0.5, 0.6) is 5.75 Å². The van der Waals surface area contributed by atoms with Gasteiger partial charge in [0.15, 0.2) is 0 Å². The van der Waals surface area contributed by atoms with Crippen LogP contribution in [0.4, 0.5) is 0 Å². The Balaban J connectivity index is 2.52. The number of likely N-dealkylation sites (tertiary alicyclic amines) is 1. The predicted molar refractivity (Wildman–Crippen MR) is 80.4 cm³/mol. The summed E-state index contributed by atoms with van der Waals surface area (Å²) in [5.74, 6) is 0.568. The van der Waals surface area contributed by atoms with Crippen LogP contribution in [0.1, 0.15) is 30.9 Å². The molecule has 0 spiro atoms. The molecule has 1 aromatic rings. The molecule has 0 radical (unpaired) electrons. The zero-order chi connectivity index (χ0) is 15.3. The van der Waals surface area contributed by atoms with Gasteiger partial charge in [-0.25, -0.2) is 0 Å². The van der Waals surface area contributed by atoms with Crippen LogP contribution >= 0.6 is 0 Å². The van der Waals surface area contributed by atoms with Crippen LogP contribution in [-0.4, -0.2) is 37.7 Å². The summed E-state index contributed by atoms with van der Waals surface area (Å²) in [7, 11) is 1.55. The number of methoxy groups -OCH3 is 1. The largest absolute Gasteiger partial charge is 0.496 e. The van der Waals surface area contributed by atoms with Gasteiger partial charge in [0.25, 0.3) is 0 Å². The molecule has 1 saturated heterocycles. The standard InChI is InChI=1S/C16H19N3O2/c1-3-18-12-19-8-4-7-16(19,11-20)14-6-5-13(10-17)9-15(14)21-2/h5-6,9,11-12H,3-4,7-8H2,1-2H3. The second kappa shape index (κ2) is 6.40. The zero-order valence-corrected chi connectivity index (χ0v) is 12.4. The van der Waals surface area contributed by atoms with Gasteiger partial charge in [0.2, 0.25) is 0 Å². The topological polar surface area (TPSA) is 65.7 Å². The van der Waals surface area contributed by atoms with Gasteiger partial charge in [-0.15, -0.1) is 0 Å². The van der Waals surface area contributed by atoms with Gasteiger partial charge in [-0.3, -0.25) is 4.99 Å². The van der Waals surface area contributed by atoms with E-state index in [-0.39, 0.29) is 0 Å². The van der Waals surface area contributed by atoms with Crippen molar-refractivity contribution in [1.29, 1.82) is 5.26 Å². The summed E-state index contributed by atoms with van der Waals surface area (Å²) in [6, 6.07) is 7.29. The molecule has 0 bridgehead atoms. The average molecular weight is 285 g/mol. The first-order valence-electron chi connectivity index (χ1n) is 7.03. The quantitative estimate of drug-likeness (QED) is 0.472. The maximum absolute atomic E-state index is 11.9. The Morgan fingerprint density at radius 2 is 2.38 bits per heavy atom. The number of hydrogen-bond acceptors (Lipinski definition) is 4. The number of carbonyl (C=O) groups excluding carboxylic acids is 1. The fourth-order valence-electron chi connectivity index (χ4n) is 2.80. The van der Waals surface area contributed by atoms with Crippen molar-refractivity contribution in [2.24, 2.45) is 4.99 Å². The molecule has 0 aliphatic carbocycles. The van der Waals surface area contributed by atoms with E-state index in [0.29, 0.717) is 24.3 Å². The van der Waals surface area contributed by atoms with Crippen LogP contribution < -0.4 is 4.74 Å². The van der Waals surface area contributed by atoms with Crippen LogP contribution in [0.15, 0.2) is 23.2 Å². The molecule has 2 rings (SSSR count). The second-order valence-corrected chi connectivity index (χ2v) is 4.98. The highest BCUT2D eigenvalue weighted by molar-refractivity contribution is 5.76. The Morgan fingerprint density at radius 1 is 1.57 bits per heavy atom. The molecule has 1 aromatic carbocycles. The van der Waals surface area contributed by atoms with Crippen molar-refractivity contribution in [1.82, 2.24) is 4.90 Å². The summed E-state index contributed by atoms with van der Waals surface area (Å²) in [4.78, 5) is 18.1. The number of aldehydes is 1. The van der Waals surface area contributed by atoms with Crippen molar-refractivity contribution in [3.05, 3.63) is 29.3 Å². The van der Waals surface area contributed by atoms with Gasteiger partial charge in [-0.05, 0) is 31.9 Å². The fourth-order valence-corrected chi connectivity index (χ4v) is 2.80. The van der Waals surface area contributed by atoms with Crippen LogP contribution in [0.2, 0.25) is 0 Å². The van der Waals surface area contributed by atoms with Gasteiger partial charge in [0.1, 0.15) is 17.6 Å². The molecule has 1 atom stereocenters. The average Bonchev–Trinajstić information content (AvgIpc) is 2.95. The highest BCUT2D eigenvalue weighted by atomic mass is 16.5. The van der Waals surface area contributed by atoms with Crippen LogP contribution in [0, 0.1) is 11.3 Å². The van der Waals surface area contributed by atoms with Crippen LogP contribution in [-0.2, 0) is 10.3 Å². The van der Waals surface area contributed by atoms with E-state index < -0.39 is 5.54 Å². The van der Waals surface area contributed by atoms with Crippen LogP contribution in [0.3, 0.4) is 0 Å². The van der Waals surface area contributed by atoms with E-state index in [9.17, 15) is 4.79 Å². The summed E-state index contributed by atoms with van der Waals surface area (Å²) < 4.78 is 5.40. The molecule has 0 saturated carbocycles. The molecule has 5 nitrogen and oxygen atoms in total. The molecule has 1 unspecified atom stereocenters. The molecular weight excluding hydrogens is 266 g/mol. The molecule has 110 valence electrons. The first-order valence-corrected chi connectivity index (χ1v) is 7.03. The lowest BCUT2D eigenvalue weighted by atomic mass is 9.87. The Labute approximate surface area is 124 Å². The minimum absolute atomic E-state index is 0.517. The van der Waals surface area contributed by atoms with Gasteiger partial charge in [0, 0.05) is 18.7 Å². The summed E-state index contributed by atoms with van der Waals surface area (Å²) in [5, 5.41) is 9.00. The maximum Gasteiger partial charge on any atom is 0.150 e. The van der Waals surface area contributed by atoms with Gasteiger partial charge < -0.3 is 14.4 Å². The lowest BCUT2D eigenvalue weighted by Gasteiger charge is -2.33. The molecule has 1 heterocycles. The van der Waals surface area contributed by atoms with Crippen molar-refractivity contribution < 1.29 is 9.53 Å². The van der Waals surface area contributed by atoms with Gasteiger partial charge >= 0.3 is 0 Å². The predicted octanol–water partition coefficient (Wildman–Crippen LogP) is 2.11. The van der Waals surface area contributed by atoms with E-state index in [1.165, 1.54) is 0 Å². The molecule has 1 aliphatic rings. The van der Waals surface area contributed by atoms with E-state index in [4.69, 9.17) is 10.00 Å². The molecule has 1 fully saturated rings. The number of nitrogens with zero attached hydrogens (tertiary/aromatic N) is 3. The molecule has 21 heavy (non-hydrogen) atoms. The smallest absolute Gasteiger partial charge is 0.150 e. The zero-order valence-electron chi connectivity index (χ0n) is 12.4. The van der Waals surface area contributed by atoms with Crippen molar-refractivity contribution in [3.8, 4) is 11.8 Å². The third-order valence-corrected chi connectivity index (χ3v) is 3.87. The molecular formula is C16H19N3O2. The van der Waals surface area contributed by atoms with Gasteiger partial charge in [0.05, 0.1) is 25.1 Å². The van der Waals surface area contributed by atoms with Crippen molar-refractivity contribution >= 4 is 12.6 Å². The normalized spacial score (nSPS) is 21.5. The highest BCUT2D eigenvalue weighted by Gasteiger charge is 2.43. The first kappa shape index (κ1) is 15.0. The van der Waals surface area contributed by atoms with E-state index in [1.54, 1.807) is 25.6 Å². The number of rotatable bonds is 5. The number of carbonyl (C=O) groups is 1. The lowest BCUT2D eigenvalue weighted by Crippen LogP contribution is -2.42. The van der Waals surface area contributed by atoms with E-state index >= 15 is 0 Å². The Bertz CT molecular complexity index is 592. The monoisotopic (exact) mass is 285 g/mol. The minimum atomic E-state index is -0.752. The highest BCUT2D eigenvalue weighted by Crippen LogP contribution is 2.41. The maximum atomic E-state index is 11.9. The molecule has 0 N–H and O–H groups in total. The minimum Gasteiger partial charge on any atom is -0.496 e. The molecule has 0 amide bonds. The molecule has 5 heteroatoms. The van der Waals surface area contributed by atoms with E-state index in [0.717, 1.165) is 24.8 Å². The number of hydrogen-bond donors (Lipinski definition) is 0. The SMILES string of the molecule is CCN=CN1CCCC1(C=O)c1ccc(C#N)cc1OC.